The molecule has 0 aromatic carbocycles. The molecule has 0 fully saturated rings. The van der Waals surface area contributed by atoms with Crippen LogP contribution in [-0.2, 0) is 0 Å². The number of hydrogen-bond acceptors (Lipinski definition) is 1. The number of rotatable bonds is 3. The Morgan fingerprint density at radius 2 is 1.67 bits per heavy atom. The van der Waals surface area contributed by atoms with Crippen LogP contribution in [0.3, 0.4) is 0 Å². The first-order valence-corrected chi connectivity index (χ1v) is 2.88. The lowest BCUT2D eigenvalue weighted by molar-refractivity contribution is -0.279. The van der Waals surface area contributed by atoms with E-state index < -0.39 is 23.8 Å². The third-order valence-corrected chi connectivity index (χ3v) is 1.19. The van der Waals surface area contributed by atoms with Crippen LogP contribution < -0.4 is 0 Å². The second-order valence-corrected chi connectivity index (χ2v) is 2.35. The van der Waals surface area contributed by atoms with Gasteiger partial charge in [0.2, 0.25) is 0 Å². The van der Waals surface area contributed by atoms with Crippen LogP contribution in [0.5, 0.6) is 0 Å². The highest BCUT2D eigenvalue weighted by molar-refractivity contribution is 5.08. The number of halogens is 5. The summed E-state index contributed by atoms with van der Waals surface area (Å²) in [6, 6.07) is 0. The first-order chi connectivity index (χ1) is 5.10. The van der Waals surface area contributed by atoms with E-state index in [0.29, 0.717) is 6.92 Å². The van der Waals surface area contributed by atoms with E-state index in [4.69, 9.17) is 5.11 Å². The van der Waals surface area contributed by atoms with Crippen LogP contribution in [0, 0.1) is 0 Å². The van der Waals surface area contributed by atoms with E-state index in [1.165, 1.54) is 0 Å². The summed E-state index contributed by atoms with van der Waals surface area (Å²) in [5.41, 5.74) is -1.07. The largest absolute Gasteiger partial charge is 0.390 e. The first kappa shape index (κ1) is 11.4. The van der Waals surface area contributed by atoms with Gasteiger partial charge in [-0.15, -0.1) is 0 Å². The summed E-state index contributed by atoms with van der Waals surface area (Å²) in [4.78, 5) is 0. The molecule has 0 aromatic rings. The third-order valence-electron chi connectivity index (χ3n) is 1.19. The number of alkyl halides is 5. The van der Waals surface area contributed by atoms with E-state index in [1.54, 1.807) is 0 Å². The second kappa shape index (κ2) is 3.01. The van der Waals surface area contributed by atoms with Crippen molar-refractivity contribution in [2.75, 3.05) is 0 Å². The lowest BCUT2D eigenvalue weighted by Gasteiger charge is -2.23. The highest BCUT2D eigenvalue weighted by Crippen LogP contribution is 2.36. The fourth-order valence-corrected chi connectivity index (χ4v) is 0.434. The number of aliphatic hydroxyl groups is 1. The molecule has 0 rings (SSSR count). The Kier molecular flexibility index (Phi) is 2.84. The van der Waals surface area contributed by atoms with Crippen molar-refractivity contribution in [3.8, 4) is 0 Å². The Bertz CT molecular complexity index is 183. The Hall–Kier alpha value is -0.650. The minimum atomic E-state index is -5.05. The van der Waals surface area contributed by atoms with Crippen molar-refractivity contribution in [1.82, 2.24) is 0 Å². The van der Waals surface area contributed by atoms with Crippen LogP contribution in [0.25, 0.3) is 0 Å². The SMILES string of the molecule is C=C(C)C(F)(F)C(F)C(O)(F)F. The van der Waals surface area contributed by atoms with Crippen LogP contribution in [0.15, 0.2) is 12.2 Å². The lowest BCUT2D eigenvalue weighted by Crippen LogP contribution is -2.44. The Labute approximate surface area is 65.5 Å². The van der Waals surface area contributed by atoms with Crippen LogP contribution in [0.1, 0.15) is 6.92 Å². The van der Waals surface area contributed by atoms with Gasteiger partial charge in [0.15, 0.2) is 0 Å². The standard InChI is InChI=1S/C6H7F5O/c1-3(2)5(8,9)4(7)6(10,11)12/h4,12H,1H2,2H3. The van der Waals surface area contributed by atoms with Crippen molar-refractivity contribution >= 4 is 0 Å². The van der Waals surface area contributed by atoms with E-state index in [0.717, 1.165) is 0 Å². The summed E-state index contributed by atoms with van der Waals surface area (Å²) >= 11 is 0. The summed E-state index contributed by atoms with van der Waals surface area (Å²) in [5, 5.41) is 7.64. The van der Waals surface area contributed by atoms with Gasteiger partial charge in [-0.2, -0.15) is 17.6 Å². The molecule has 0 amide bonds. The molecule has 0 saturated heterocycles. The van der Waals surface area contributed by atoms with Crippen molar-refractivity contribution in [2.45, 2.75) is 25.1 Å². The maximum atomic E-state index is 12.3. The summed E-state index contributed by atoms with van der Waals surface area (Å²) < 4.78 is 60.0. The van der Waals surface area contributed by atoms with Crippen molar-refractivity contribution in [3.63, 3.8) is 0 Å². The lowest BCUT2D eigenvalue weighted by atomic mass is 10.1. The van der Waals surface area contributed by atoms with Gasteiger partial charge in [-0.25, -0.2) is 4.39 Å². The van der Waals surface area contributed by atoms with Crippen molar-refractivity contribution in [1.29, 1.82) is 0 Å². The molecular weight excluding hydrogens is 183 g/mol. The quantitative estimate of drug-likeness (QED) is 0.533. The fourth-order valence-electron chi connectivity index (χ4n) is 0.434. The van der Waals surface area contributed by atoms with Gasteiger partial charge >= 0.3 is 12.0 Å². The maximum absolute atomic E-state index is 12.3. The van der Waals surface area contributed by atoms with Gasteiger partial charge in [0.05, 0.1) is 0 Å². The van der Waals surface area contributed by atoms with E-state index in [1.807, 2.05) is 0 Å². The van der Waals surface area contributed by atoms with Gasteiger partial charge in [0.25, 0.3) is 6.17 Å². The van der Waals surface area contributed by atoms with Gasteiger partial charge in [-0.1, -0.05) is 6.58 Å². The summed E-state index contributed by atoms with van der Waals surface area (Å²) in [7, 11) is 0. The second-order valence-electron chi connectivity index (χ2n) is 2.35. The number of allylic oxidation sites excluding steroid dienone is 1. The molecule has 0 aliphatic rings. The van der Waals surface area contributed by atoms with Gasteiger partial charge < -0.3 is 5.11 Å². The van der Waals surface area contributed by atoms with E-state index in [2.05, 4.69) is 6.58 Å². The van der Waals surface area contributed by atoms with E-state index in [9.17, 15) is 22.0 Å². The first-order valence-electron chi connectivity index (χ1n) is 2.88. The van der Waals surface area contributed by atoms with Gasteiger partial charge in [-0.05, 0) is 12.5 Å². The predicted octanol–water partition coefficient (Wildman–Crippen LogP) is 2.12. The zero-order valence-electron chi connectivity index (χ0n) is 6.12. The summed E-state index contributed by atoms with van der Waals surface area (Å²) in [6.07, 6.45) is -9.01. The third kappa shape index (κ3) is 2.17. The van der Waals surface area contributed by atoms with Crippen LogP contribution in [0.4, 0.5) is 22.0 Å². The molecule has 72 valence electrons. The van der Waals surface area contributed by atoms with E-state index >= 15 is 0 Å². The maximum Gasteiger partial charge on any atom is 0.390 e. The zero-order valence-corrected chi connectivity index (χ0v) is 6.12. The molecule has 6 heteroatoms. The molecule has 0 saturated carbocycles. The van der Waals surface area contributed by atoms with Gasteiger partial charge in [0, 0.05) is 0 Å². The van der Waals surface area contributed by atoms with Crippen molar-refractivity contribution < 1.29 is 27.1 Å². The molecule has 1 nitrogen and oxygen atoms in total. The molecule has 0 aliphatic heterocycles. The smallest absolute Gasteiger partial charge is 0.334 e. The molecule has 0 aliphatic carbocycles. The summed E-state index contributed by atoms with van der Waals surface area (Å²) in [6.45, 7) is 3.32. The Morgan fingerprint density at radius 3 is 1.75 bits per heavy atom. The highest BCUT2D eigenvalue weighted by atomic mass is 19.3. The molecular formula is C6H7F5O. The molecule has 1 unspecified atom stereocenters. The van der Waals surface area contributed by atoms with E-state index in [-0.39, 0.29) is 0 Å². The zero-order chi connectivity index (χ0) is 10.2. The highest BCUT2D eigenvalue weighted by Gasteiger charge is 2.55. The molecule has 0 radical (unpaired) electrons. The van der Waals surface area contributed by atoms with Crippen LogP contribution in [0.2, 0.25) is 0 Å². The minimum absolute atomic E-state index is 0.693. The Morgan fingerprint density at radius 1 is 1.33 bits per heavy atom. The molecule has 0 bridgehead atoms. The Balaban J connectivity index is 4.69. The van der Waals surface area contributed by atoms with Crippen molar-refractivity contribution in [2.24, 2.45) is 0 Å². The van der Waals surface area contributed by atoms with Crippen molar-refractivity contribution in [3.05, 3.63) is 12.2 Å². The molecule has 1 N–H and O–H groups in total. The normalized spacial score (nSPS) is 15.9. The van der Waals surface area contributed by atoms with Crippen LogP contribution in [-0.4, -0.2) is 23.3 Å². The topological polar surface area (TPSA) is 20.2 Å². The molecule has 0 spiro atoms. The molecule has 1 atom stereocenters. The summed E-state index contributed by atoms with van der Waals surface area (Å²) in [5.74, 6) is -4.42. The van der Waals surface area contributed by atoms with Crippen LogP contribution >= 0.6 is 0 Å². The average Bonchev–Trinajstić information content (AvgIpc) is 1.83. The fraction of sp³-hybridized carbons (Fsp3) is 0.667. The monoisotopic (exact) mass is 190 g/mol. The molecule has 12 heavy (non-hydrogen) atoms. The van der Waals surface area contributed by atoms with Gasteiger partial charge in [0.1, 0.15) is 0 Å². The number of hydrogen-bond donors (Lipinski definition) is 1. The molecule has 0 aromatic heterocycles. The molecule has 0 heterocycles. The van der Waals surface area contributed by atoms with Gasteiger partial charge in [-0.3, -0.25) is 0 Å². The predicted molar refractivity (Wildman–Crippen MR) is 31.8 cm³/mol. The minimum Gasteiger partial charge on any atom is -0.334 e. The average molecular weight is 190 g/mol.